The van der Waals surface area contributed by atoms with Gasteiger partial charge in [0.1, 0.15) is 5.75 Å². The number of methoxy groups -OCH3 is 2. The van der Waals surface area contributed by atoms with Crippen LogP contribution in [0.15, 0.2) is 48.5 Å². The van der Waals surface area contributed by atoms with Gasteiger partial charge in [0.15, 0.2) is 24.7 Å². The minimum absolute atomic E-state index is 0.217. The summed E-state index contributed by atoms with van der Waals surface area (Å²) in [5.74, 6) is 0.932. The van der Waals surface area contributed by atoms with Gasteiger partial charge in [0.25, 0.3) is 5.91 Å². The Balaban J connectivity index is 1.41. The summed E-state index contributed by atoms with van der Waals surface area (Å²) < 4.78 is 21.1. The molecule has 1 amide bonds. The first kappa shape index (κ1) is 24.0. The number of allylic oxidation sites excluding steroid dienone is 1. The molecule has 0 aromatic heterocycles. The van der Waals surface area contributed by atoms with E-state index in [9.17, 15) is 9.59 Å². The molecule has 8 heteroatoms. The molecule has 0 aliphatic carbocycles. The lowest BCUT2D eigenvalue weighted by atomic mass is 10.2. The van der Waals surface area contributed by atoms with Crippen molar-refractivity contribution in [1.82, 2.24) is 4.90 Å². The van der Waals surface area contributed by atoms with Crippen LogP contribution >= 0.6 is 0 Å². The number of anilines is 1. The molecule has 0 unspecified atom stereocenters. The van der Waals surface area contributed by atoms with Gasteiger partial charge in [-0.25, -0.2) is 4.79 Å². The highest BCUT2D eigenvalue weighted by atomic mass is 16.6. The summed E-state index contributed by atoms with van der Waals surface area (Å²) in [6, 6.07) is 13.2. The van der Waals surface area contributed by atoms with Crippen molar-refractivity contribution in [3.8, 4) is 17.2 Å². The van der Waals surface area contributed by atoms with Crippen molar-refractivity contribution in [2.75, 3.05) is 58.5 Å². The van der Waals surface area contributed by atoms with Crippen LogP contribution in [-0.2, 0) is 14.3 Å². The Bertz CT molecular complexity index is 965. The summed E-state index contributed by atoms with van der Waals surface area (Å²) in [5, 5.41) is 0. The third-order valence-corrected chi connectivity index (χ3v) is 5.32. The zero-order chi connectivity index (χ0) is 23.6. The van der Waals surface area contributed by atoms with E-state index in [1.807, 2.05) is 55.5 Å². The summed E-state index contributed by atoms with van der Waals surface area (Å²) >= 11 is 0. The van der Waals surface area contributed by atoms with Crippen LogP contribution in [0.3, 0.4) is 0 Å². The van der Waals surface area contributed by atoms with Crippen LogP contribution in [0.2, 0.25) is 0 Å². The van der Waals surface area contributed by atoms with Crippen molar-refractivity contribution in [1.29, 1.82) is 0 Å². The quantitative estimate of drug-likeness (QED) is 0.539. The number of amides is 1. The van der Waals surface area contributed by atoms with Crippen LogP contribution in [0, 0.1) is 0 Å². The van der Waals surface area contributed by atoms with E-state index in [0.717, 1.165) is 17.0 Å². The molecule has 33 heavy (non-hydrogen) atoms. The van der Waals surface area contributed by atoms with E-state index in [0.29, 0.717) is 37.7 Å². The van der Waals surface area contributed by atoms with Gasteiger partial charge in [-0.3, -0.25) is 4.79 Å². The zero-order valence-corrected chi connectivity index (χ0v) is 19.3. The Labute approximate surface area is 194 Å². The van der Waals surface area contributed by atoms with Gasteiger partial charge in [-0.15, -0.1) is 0 Å². The highest BCUT2D eigenvalue weighted by Crippen LogP contribution is 2.28. The molecule has 0 N–H and O–H groups in total. The lowest BCUT2D eigenvalue weighted by molar-refractivity contribution is -0.153. The summed E-state index contributed by atoms with van der Waals surface area (Å²) in [5.41, 5.74) is 2.04. The minimum Gasteiger partial charge on any atom is -0.497 e. The maximum Gasteiger partial charge on any atom is 0.344 e. The van der Waals surface area contributed by atoms with Crippen molar-refractivity contribution in [2.24, 2.45) is 0 Å². The van der Waals surface area contributed by atoms with E-state index in [1.165, 1.54) is 7.11 Å². The van der Waals surface area contributed by atoms with Crippen molar-refractivity contribution < 1.29 is 28.5 Å². The number of esters is 1. The second-order valence-electron chi connectivity index (χ2n) is 7.43. The molecule has 0 atom stereocenters. The average molecular weight is 455 g/mol. The molecular formula is C25H30N2O6. The molecule has 2 aromatic rings. The van der Waals surface area contributed by atoms with E-state index in [2.05, 4.69) is 4.90 Å². The van der Waals surface area contributed by atoms with E-state index in [1.54, 1.807) is 18.1 Å². The molecule has 8 nitrogen and oxygen atoms in total. The normalized spacial score (nSPS) is 13.7. The molecule has 1 saturated heterocycles. The fourth-order valence-corrected chi connectivity index (χ4v) is 3.52. The fourth-order valence-electron chi connectivity index (χ4n) is 3.52. The number of piperazine rings is 1. The van der Waals surface area contributed by atoms with Gasteiger partial charge in [0, 0.05) is 31.9 Å². The Morgan fingerprint density at radius 1 is 0.909 bits per heavy atom. The van der Waals surface area contributed by atoms with Crippen LogP contribution < -0.4 is 19.1 Å². The number of carbonyl (C=O) groups is 2. The standard InChI is InChI=1S/C25H30N2O6/c1-4-5-19-6-11-22(23(16-19)31-3)32-18-25(29)33-17-24(28)27-14-12-26(13-15-27)20-7-9-21(30-2)10-8-20/h4-11,16H,12-15,17-18H2,1-3H3/b5-4+. The van der Waals surface area contributed by atoms with E-state index < -0.39 is 5.97 Å². The molecule has 0 bridgehead atoms. The predicted octanol–water partition coefficient (Wildman–Crippen LogP) is 3.01. The number of hydrogen-bond donors (Lipinski definition) is 0. The molecule has 2 aromatic carbocycles. The van der Waals surface area contributed by atoms with Crippen LogP contribution in [-0.4, -0.2) is 70.4 Å². The van der Waals surface area contributed by atoms with E-state index in [-0.39, 0.29) is 19.1 Å². The minimum atomic E-state index is -0.611. The van der Waals surface area contributed by atoms with Gasteiger partial charge < -0.3 is 28.7 Å². The number of nitrogens with zero attached hydrogens (tertiary/aromatic N) is 2. The van der Waals surface area contributed by atoms with E-state index in [4.69, 9.17) is 18.9 Å². The van der Waals surface area contributed by atoms with Crippen LogP contribution in [0.1, 0.15) is 12.5 Å². The summed E-state index contributed by atoms with van der Waals surface area (Å²) in [7, 11) is 3.17. The number of ether oxygens (including phenoxy) is 4. The van der Waals surface area contributed by atoms with Gasteiger partial charge in [0.05, 0.1) is 14.2 Å². The van der Waals surface area contributed by atoms with Crippen molar-refractivity contribution in [3.63, 3.8) is 0 Å². The van der Waals surface area contributed by atoms with Crippen LogP contribution in [0.5, 0.6) is 17.2 Å². The molecule has 0 spiro atoms. The third kappa shape index (κ3) is 6.65. The first-order valence-corrected chi connectivity index (χ1v) is 10.8. The molecule has 0 radical (unpaired) electrons. The van der Waals surface area contributed by atoms with Gasteiger partial charge in [-0.2, -0.15) is 0 Å². The molecule has 1 aliphatic heterocycles. The molecule has 3 rings (SSSR count). The number of rotatable bonds is 9. The molecule has 1 fully saturated rings. The monoisotopic (exact) mass is 454 g/mol. The van der Waals surface area contributed by atoms with Crippen LogP contribution in [0.25, 0.3) is 6.08 Å². The van der Waals surface area contributed by atoms with Gasteiger partial charge >= 0.3 is 5.97 Å². The molecule has 0 saturated carbocycles. The predicted molar refractivity (Wildman–Crippen MR) is 126 cm³/mol. The van der Waals surface area contributed by atoms with Crippen molar-refractivity contribution in [2.45, 2.75) is 6.92 Å². The first-order valence-electron chi connectivity index (χ1n) is 10.8. The number of hydrogen-bond acceptors (Lipinski definition) is 7. The average Bonchev–Trinajstić information content (AvgIpc) is 2.86. The smallest absolute Gasteiger partial charge is 0.344 e. The molecule has 176 valence electrons. The molecule has 1 heterocycles. The largest absolute Gasteiger partial charge is 0.497 e. The maximum absolute atomic E-state index is 12.4. The summed E-state index contributed by atoms with van der Waals surface area (Å²) in [6.45, 7) is 3.86. The van der Waals surface area contributed by atoms with Gasteiger partial charge in [-0.05, 0) is 48.9 Å². The lowest BCUT2D eigenvalue weighted by Crippen LogP contribution is -2.50. The van der Waals surface area contributed by atoms with E-state index >= 15 is 0 Å². The second-order valence-corrected chi connectivity index (χ2v) is 7.43. The summed E-state index contributed by atoms with van der Waals surface area (Å²) in [6.07, 6.45) is 3.85. The van der Waals surface area contributed by atoms with Crippen molar-refractivity contribution in [3.05, 3.63) is 54.1 Å². The topological polar surface area (TPSA) is 77.5 Å². The number of benzene rings is 2. The fraction of sp³-hybridized carbons (Fsp3) is 0.360. The Morgan fingerprint density at radius 2 is 1.64 bits per heavy atom. The first-order chi connectivity index (χ1) is 16.0. The Hall–Kier alpha value is -3.68. The maximum atomic E-state index is 12.4. The van der Waals surface area contributed by atoms with Gasteiger partial charge in [0.2, 0.25) is 0 Å². The molecular weight excluding hydrogens is 424 g/mol. The number of carbonyl (C=O) groups excluding carboxylic acids is 2. The highest BCUT2D eigenvalue weighted by molar-refractivity contribution is 5.81. The lowest BCUT2D eigenvalue weighted by Gasteiger charge is -2.36. The van der Waals surface area contributed by atoms with Crippen molar-refractivity contribution >= 4 is 23.6 Å². The van der Waals surface area contributed by atoms with Crippen LogP contribution in [0.4, 0.5) is 5.69 Å². The third-order valence-electron chi connectivity index (χ3n) is 5.32. The Morgan fingerprint density at radius 3 is 2.27 bits per heavy atom. The summed E-state index contributed by atoms with van der Waals surface area (Å²) in [4.78, 5) is 28.4. The van der Waals surface area contributed by atoms with Gasteiger partial charge in [-0.1, -0.05) is 18.2 Å². The Kier molecular flexibility index (Phi) is 8.57. The SMILES string of the molecule is C/C=C/c1ccc(OCC(=O)OCC(=O)N2CCN(c3ccc(OC)cc3)CC2)c(OC)c1. The second kappa shape index (κ2) is 11.8. The zero-order valence-electron chi connectivity index (χ0n) is 19.3. The molecule has 1 aliphatic rings. The highest BCUT2D eigenvalue weighted by Gasteiger charge is 2.22.